The second-order valence-electron chi connectivity index (χ2n) is 5.54. The summed E-state index contributed by atoms with van der Waals surface area (Å²) in [5.41, 5.74) is 0.108. The molecule has 11 heteroatoms. The second-order valence-corrected chi connectivity index (χ2v) is 6.79. The van der Waals surface area contributed by atoms with Crippen LogP contribution in [0.4, 0.5) is 15.9 Å². The lowest BCUT2D eigenvalue weighted by Gasteiger charge is -2.19. The van der Waals surface area contributed by atoms with Crippen LogP contribution >= 0.6 is 22.6 Å². The van der Waals surface area contributed by atoms with Crippen LogP contribution in [0.25, 0.3) is 0 Å². The van der Waals surface area contributed by atoms with Gasteiger partial charge in [-0.05, 0) is 47.7 Å². The number of carbonyl (C=O) groups is 2. The number of anilines is 2. The SMILES string of the molecule is CNC(=O)c1nc(Nc2ccc(I)cc2F)c(C(=O)N(C)OCCO)nc1C. The number of amides is 2. The largest absolute Gasteiger partial charge is 0.394 e. The van der Waals surface area contributed by atoms with E-state index in [1.54, 1.807) is 6.07 Å². The molecule has 0 unspecified atom stereocenters. The number of aliphatic hydroxyl groups is 1. The number of aryl methyl sites for hydroxylation is 1. The van der Waals surface area contributed by atoms with E-state index in [2.05, 4.69) is 20.6 Å². The van der Waals surface area contributed by atoms with Crippen molar-refractivity contribution in [2.45, 2.75) is 6.92 Å². The van der Waals surface area contributed by atoms with Gasteiger partial charge in [0.25, 0.3) is 11.8 Å². The number of halogens is 2. The highest BCUT2D eigenvalue weighted by Crippen LogP contribution is 2.24. The number of carbonyl (C=O) groups excluding carboxylic acids is 2. The van der Waals surface area contributed by atoms with Gasteiger partial charge in [-0.2, -0.15) is 0 Å². The van der Waals surface area contributed by atoms with E-state index in [1.165, 1.54) is 33.2 Å². The van der Waals surface area contributed by atoms with Crippen molar-refractivity contribution in [2.75, 3.05) is 32.6 Å². The number of nitrogens with one attached hydrogen (secondary N) is 2. The van der Waals surface area contributed by atoms with E-state index >= 15 is 0 Å². The van der Waals surface area contributed by atoms with Gasteiger partial charge in [0.1, 0.15) is 5.82 Å². The number of hydrogen-bond acceptors (Lipinski definition) is 7. The maximum atomic E-state index is 14.3. The van der Waals surface area contributed by atoms with Gasteiger partial charge in [0, 0.05) is 17.7 Å². The smallest absolute Gasteiger partial charge is 0.299 e. The van der Waals surface area contributed by atoms with Gasteiger partial charge in [-0.1, -0.05) is 0 Å². The zero-order chi connectivity index (χ0) is 20.8. The van der Waals surface area contributed by atoms with Crippen molar-refractivity contribution >= 4 is 45.9 Å². The van der Waals surface area contributed by atoms with Crippen molar-refractivity contribution in [3.63, 3.8) is 0 Å². The molecule has 2 rings (SSSR count). The van der Waals surface area contributed by atoms with Crippen LogP contribution in [0.3, 0.4) is 0 Å². The summed E-state index contributed by atoms with van der Waals surface area (Å²) in [5, 5.41) is 14.9. The van der Waals surface area contributed by atoms with Gasteiger partial charge in [0.05, 0.1) is 24.6 Å². The molecule has 0 spiro atoms. The maximum absolute atomic E-state index is 14.3. The fraction of sp³-hybridized carbons (Fsp3) is 0.294. The van der Waals surface area contributed by atoms with E-state index in [4.69, 9.17) is 9.94 Å². The minimum atomic E-state index is -0.680. The zero-order valence-corrected chi connectivity index (χ0v) is 17.6. The van der Waals surface area contributed by atoms with Gasteiger partial charge < -0.3 is 15.7 Å². The fourth-order valence-corrected chi connectivity index (χ4v) is 2.65. The molecule has 0 radical (unpaired) electrons. The fourth-order valence-electron chi connectivity index (χ4n) is 2.19. The van der Waals surface area contributed by atoms with Crippen molar-refractivity contribution in [3.05, 3.63) is 44.7 Å². The van der Waals surface area contributed by atoms with Gasteiger partial charge in [0.15, 0.2) is 17.2 Å². The molecule has 28 heavy (non-hydrogen) atoms. The van der Waals surface area contributed by atoms with Crippen LogP contribution in [0.5, 0.6) is 0 Å². The van der Waals surface area contributed by atoms with Crippen molar-refractivity contribution in [3.8, 4) is 0 Å². The molecule has 0 saturated carbocycles. The Morgan fingerprint density at radius 1 is 1.32 bits per heavy atom. The Morgan fingerprint density at radius 2 is 2.04 bits per heavy atom. The first-order chi connectivity index (χ1) is 13.3. The predicted octanol–water partition coefficient (Wildman–Crippen LogP) is 1.63. The van der Waals surface area contributed by atoms with Gasteiger partial charge in [-0.3, -0.25) is 14.4 Å². The molecule has 0 aliphatic carbocycles. The van der Waals surface area contributed by atoms with Crippen LogP contribution in [0.1, 0.15) is 26.7 Å². The third-order valence-corrected chi connectivity index (χ3v) is 4.23. The number of aliphatic hydroxyl groups excluding tert-OH is 1. The summed E-state index contributed by atoms with van der Waals surface area (Å²) in [6.45, 7) is 1.15. The Balaban J connectivity index is 2.52. The minimum absolute atomic E-state index is 0.00796. The highest BCUT2D eigenvalue weighted by molar-refractivity contribution is 14.1. The average molecular weight is 503 g/mol. The van der Waals surface area contributed by atoms with E-state index < -0.39 is 17.6 Å². The zero-order valence-electron chi connectivity index (χ0n) is 15.4. The van der Waals surface area contributed by atoms with Crippen LogP contribution in [0.15, 0.2) is 18.2 Å². The normalized spacial score (nSPS) is 10.5. The van der Waals surface area contributed by atoms with E-state index in [0.29, 0.717) is 3.57 Å². The molecule has 0 aliphatic rings. The van der Waals surface area contributed by atoms with Gasteiger partial charge >= 0.3 is 0 Å². The molecule has 2 amide bonds. The monoisotopic (exact) mass is 503 g/mol. The van der Waals surface area contributed by atoms with Crippen molar-refractivity contribution < 1.29 is 23.9 Å². The van der Waals surface area contributed by atoms with E-state index in [9.17, 15) is 14.0 Å². The summed E-state index contributed by atoms with van der Waals surface area (Å²) in [6.07, 6.45) is 0. The number of benzene rings is 1. The van der Waals surface area contributed by atoms with Crippen LogP contribution in [0, 0.1) is 16.3 Å². The van der Waals surface area contributed by atoms with Crippen LogP contribution in [-0.4, -0.2) is 59.3 Å². The molecule has 0 aliphatic heterocycles. The number of nitrogens with zero attached hydrogens (tertiary/aromatic N) is 3. The lowest BCUT2D eigenvalue weighted by Crippen LogP contribution is -2.31. The second kappa shape index (κ2) is 9.71. The first kappa shape index (κ1) is 21.9. The number of aromatic nitrogens is 2. The lowest BCUT2D eigenvalue weighted by molar-refractivity contribution is -0.114. The Hall–Kier alpha value is -2.38. The Morgan fingerprint density at radius 3 is 2.64 bits per heavy atom. The molecule has 0 bridgehead atoms. The maximum Gasteiger partial charge on any atom is 0.299 e. The van der Waals surface area contributed by atoms with E-state index in [-0.39, 0.29) is 41.8 Å². The average Bonchev–Trinajstić information content (AvgIpc) is 2.67. The highest BCUT2D eigenvalue weighted by Gasteiger charge is 2.24. The molecule has 0 fully saturated rings. The standard InChI is InChI=1S/C17H19FIN5O4/c1-9-13(16(26)20-2)23-15(22-12-5-4-10(19)8-11(12)18)14(21-9)17(27)24(3)28-7-6-25/h4-5,8,25H,6-7H2,1-3H3,(H,20,26)(H,22,23). The van der Waals surface area contributed by atoms with E-state index in [0.717, 1.165) is 5.06 Å². The Bertz CT molecular complexity index is 896. The van der Waals surface area contributed by atoms with E-state index in [1.807, 2.05) is 22.6 Å². The molecule has 3 N–H and O–H groups in total. The van der Waals surface area contributed by atoms with Gasteiger partial charge in [-0.25, -0.2) is 19.4 Å². The molecule has 150 valence electrons. The third-order valence-electron chi connectivity index (χ3n) is 3.56. The van der Waals surface area contributed by atoms with Crippen molar-refractivity contribution in [2.24, 2.45) is 0 Å². The third kappa shape index (κ3) is 5.11. The summed E-state index contributed by atoms with van der Waals surface area (Å²) < 4.78 is 14.9. The summed E-state index contributed by atoms with van der Waals surface area (Å²) in [6, 6.07) is 4.46. The van der Waals surface area contributed by atoms with Crippen molar-refractivity contribution in [1.82, 2.24) is 20.3 Å². The van der Waals surface area contributed by atoms with Crippen LogP contribution in [0.2, 0.25) is 0 Å². The molecule has 1 aromatic heterocycles. The van der Waals surface area contributed by atoms with Gasteiger partial charge in [-0.15, -0.1) is 0 Å². The Labute approximate surface area is 174 Å². The first-order valence-electron chi connectivity index (χ1n) is 8.13. The molecule has 1 heterocycles. The number of rotatable bonds is 7. The topological polar surface area (TPSA) is 117 Å². The summed E-state index contributed by atoms with van der Waals surface area (Å²) in [4.78, 5) is 38.2. The summed E-state index contributed by atoms with van der Waals surface area (Å²) in [5.74, 6) is -1.84. The Kier molecular flexibility index (Phi) is 7.60. The van der Waals surface area contributed by atoms with Crippen LogP contribution < -0.4 is 10.6 Å². The summed E-state index contributed by atoms with van der Waals surface area (Å²) in [7, 11) is 2.78. The number of hydrogen-bond donors (Lipinski definition) is 3. The quantitative estimate of drug-likeness (QED) is 0.389. The highest BCUT2D eigenvalue weighted by atomic mass is 127. The first-order valence-corrected chi connectivity index (χ1v) is 9.21. The predicted molar refractivity (Wildman–Crippen MR) is 108 cm³/mol. The molecule has 1 aromatic carbocycles. The van der Waals surface area contributed by atoms with Crippen LogP contribution in [-0.2, 0) is 4.84 Å². The molecular formula is C17H19FIN5O4. The summed E-state index contributed by atoms with van der Waals surface area (Å²) >= 11 is 1.97. The minimum Gasteiger partial charge on any atom is -0.394 e. The molecule has 9 nitrogen and oxygen atoms in total. The molecule has 0 atom stereocenters. The van der Waals surface area contributed by atoms with Crippen molar-refractivity contribution in [1.29, 1.82) is 0 Å². The lowest BCUT2D eigenvalue weighted by atomic mass is 10.2. The molecule has 2 aromatic rings. The molecular weight excluding hydrogens is 484 g/mol. The molecule has 0 saturated heterocycles. The van der Waals surface area contributed by atoms with Gasteiger partial charge in [0.2, 0.25) is 0 Å². The number of hydroxylamine groups is 2.